The number of hydrogen-bond acceptors (Lipinski definition) is 7. The van der Waals surface area contributed by atoms with E-state index in [9.17, 15) is 24.3 Å². The van der Waals surface area contributed by atoms with Crippen LogP contribution in [-0.2, 0) is 19.2 Å². The van der Waals surface area contributed by atoms with E-state index in [1.165, 1.54) is 20.8 Å². The molecule has 0 aliphatic carbocycles. The summed E-state index contributed by atoms with van der Waals surface area (Å²) in [6, 6.07) is -4.83. The quantitative estimate of drug-likeness (QED) is 0.221. The lowest BCUT2D eigenvalue weighted by atomic mass is 10.1. The number of rotatable bonds is 9. The molecule has 24 heavy (non-hydrogen) atoms. The van der Waals surface area contributed by atoms with Gasteiger partial charge in [-0.15, -0.1) is 0 Å². The molecule has 0 heterocycles. The van der Waals surface area contributed by atoms with Gasteiger partial charge >= 0.3 is 5.97 Å². The van der Waals surface area contributed by atoms with Crippen LogP contribution in [0.25, 0.3) is 0 Å². The number of carbonyl (C=O) groups is 4. The average Bonchev–Trinajstić information content (AvgIpc) is 2.50. The third-order valence-corrected chi connectivity index (χ3v) is 3.12. The van der Waals surface area contributed by atoms with E-state index in [-0.39, 0.29) is 0 Å². The number of nitrogens with two attached hydrogens (primary N) is 1. The molecule has 11 heteroatoms. The van der Waals surface area contributed by atoms with Crippen molar-refractivity contribution in [3.05, 3.63) is 0 Å². The fourth-order valence-electron chi connectivity index (χ4n) is 1.48. The molecule has 0 aromatic heterocycles. The molecule has 138 valence electrons. The van der Waals surface area contributed by atoms with Crippen LogP contribution in [0.1, 0.15) is 20.8 Å². The largest absolute Gasteiger partial charge is 0.480 e. The van der Waals surface area contributed by atoms with Crippen LogP contribution in [0.15, 0.2) is 0 Å². The first kappa shape index (κ1) is 21.8. The fraction of sp³-hybridized carbons (Fsp3) is 0.692. The first-order chi connectivity index (χ1) is 11.0. The molecular weight excluding hydrogens is 324 g/mol. The minimum atomic E-state index is -1.49. The van der Waals surface area contributed by atoms with Gasteiger partial charge in [-0.1, -0.05) is 0 Å². The van der Waals surface area contributed by atoms with Crippen molar-refractivity contribution in [1.82, 2.24) is 16.0 Å². The Labute approximate surface area is 138 Å². The van der Waals surface area contributed by atoms with Crippen molar-refractivity contribution in [2.75, 3.05) is 6.61 Å². The Morgan fingerprint density at radius 1 is 0.917 bits per heavy atom. The topological polar surface area (TPSA) is 191 Å². The smallest absolute Gasteiger partial charge is 0.328 e. The van der Waals surface area contributed by atoms with Crippen molar-refractivity contribution in [2.24, 2.45) is 5.73 Å². The maximum Gasteiger partial charge on any atom is 0.328 e. The second-order valence-electron chi connectivity index (χ2n) is 5.31. The Bertz CT molecular complexity index is 483. The van der Waals surface area contributed by atoms with E-state index in [0.717, 1.165) is 0 Å². The summed E-state index contributed by atoms with van der Waals surface area (Å²) in [6.07, 6.45) is -1.10. The van der Waals surface area contributed by atoms with Crippen LogP contribution in [0.2, 0.25) is 0 Å². The lowest BCUT2D eigenvalue weighted by Crippen LogP contribution is -2.56. The summed E-state index contributed by atoms with van der Waals surface area (Å²) in [4.78, 5) is 46.0. The van der Waals surface area contributed by atoms with Gasteiger partial charge in [0.25, 0.3) is 0 Å². The molecule has 0 aromatic carbocycles. The lowest BCUT2D eigenvalue weighted by Gasteiger charge is -2.21. The molecule has 0 aliphatic rings. The summed E-state index contributed by atoms with van der Waals surface area (Å²) < 4.78 is 0. The maximum atomic E-state index is 11.9. The van der Waals surface area contributed by atoms with Crippen LogP contribution in [0.3, 0.4) is 0 Å². The molecule has 11 nitrogen and oxygen atoms in total. The molecule has 0 spiro atoms. The van der Waals surface area contributed by atoms with Crippen LogP contribution in [0.4, 0.5) is 0 Å². The summed E-state index contributed by atoms with van der Waals surface area (Å²) in [5, 5.41) is 33.4. The third-order valence-electron chi connectivity index (χ3n) is 3.12. The monoisotopic (exact) mass is 348 g/mol. The number of nitrogens with one attached hydrogen (secondary N) is 3. The highest BCUT2D eigenvalue weighted by atomic mass is 16.4. The minimum absolute atomic E-state index is 0.709. The molecule has 0 bridgehead atoms. The predicted octanol–water partition coefficient (Wildman–Crippen LogP) is -3.73. The molecule has 0 aliphatic heterocycles. The number of aliphatic hydroxyl groups excluding tert-OH is 2. The number of carbonyl (C=O) groups excluding carboxylic acids is 3. The highest BCUT2D eigenvalue weighted by Crippen LogP contribution is 1.93. The standard InChI is InChI=1S/C13H24N4O7/c1-5(16-12(22)9(14)7(3)19)10(20)15-6(2)11(21)17-8(4-18)13(23)24/h5-9,18-19H,4,14H2,1-3H3,(H,15,20)(H,16,22)(H,17,21)(H,23,24). The van der Waals surface area contributed by atoms with E-state index in [4.69, 9.17) is 15.9 Å². The second-order valence-corrected chi connectivity index (χ2v) is 5.31. The zero-order chi connectivity index (χ0) is 19.0. The Kier molecular flexibility index (Phi) is 8.89. The van der Waals surface area contributed by atoms with Gasteiger partial charge in [-0.05, 0) is 20.8 Å². The number of hydrogen-bond donors (Lipinski definition) is 7. The van der Waals surface area contributed by atoms with Gasteiger partial charge in [-0.3, -0.25) is 14.4 Å². The Morgan fingerprint density at radius 3 is 1.71 bits per heavy atom. The molecule has 5 atom stereocenters. The summed E-state index contributed by atoms with van der Waals surface area (Å²) in [5.74, 6) is -3.68. The van der Waals surface area contributed by atoms with E-state index in [1.807, 2.05) is 5.32 Å². The van der Waals surface area contributed by atoms with Gasteiger partial charge in [0.05, 0.1) is 12.7 Å². The third kappa shape index (κ3) is 6.89. The first-order valence-corrected chi connectivity index (χ1v) is 7.19. The van der Waals surface area contributed by atoms with Crippen molar-refractivity contribution >= 4 is 23.7 Å². The van der Waals surface area contributed by atoms with Gasteiger partial charge < -0.3 is 37.0 Å². The minimum Gasteiger partial charge on any atom is -0.480 e. The molecule has 5 unspecified atom stereocenters. The van der Waals surface area contributed by atoms with Crippen molar-refractivity contribution in [1.29, 1.82) is 0 Å². The van der Waals surface area contributed by atoms with Gasteiger partial charge in [-0.2, -0.15) is 0 Å². The van der Waals surface area contributed by atoms with E-state index in [0.29, 0.717) is 0 Å². The maximum absolute atomic E-state index is 11.9. The number of carboxylic acids is 1. The van der Waals surface area contributed by atoms with E-state index >= 15 is 0 Å². The van der Waals surface area contributed by atoms with E-state index in [2.05, 4.69) is 10.6 Å². The van der Waals surface area contributed by atoms with Gasteiger partial charge in [0.2, 0.25) is 17.7 Å². The normalized spacial score (nSPS) is 16.9. The predicted molar refractivity (Wildman–Crippen MR) is 81.5 cm³/mol. The first-order valence-electron chi connectivity index (χ1n) is 7.19. The van der Waals surface area contributed by atoms with Gasteiger partial charge in [0.15, 0.2) is 0 Å². The lowest BCUT2D eigenvalue weighted by molar-refractivity contribution is -0.143. The van der Waals surface area contributed by atoms with Gasteiger partial charge in [-0.25, -0.2) is 4.79 Å². The van der Waals surface area contributed by atoms with Crippen LogP contribution >= 0.6 is 0 Å². The zero-order valence-corrected chi connectivity index (χ0v) is 13.6. The van der Waals surface area contributed by atoms with Crippen molar-refractivity contribution in [2.45, 2.75) is 51.0 Å². The Hall–Kier alpha value is -2.24. The number of carboxylic acid groups (broad SMARTS) is 1. The summed E-state index contributed by atoms with van der Waals surface area (Å²) in [6.45, 7) is 3.17. The van der Waals surface area contributed by atoms with Crippen molar-refractivity contribution in [3.8, 4) is 0 Å². The number of aliphatic hydroxyl groups is 2. The average molecular weight is 348 g/mol. The van der Waals surface area contributed by atoms with Crippen molar-refractivity contribution in [3.63, 3.8) is 0 Å². The highest BCUT2D eigenvalue weighted by Gasteiger charge is 2.26. The van der Waals surface area contributed by atoms with Gasteiger partial charge in [0.1, 0.15) is 24.2 Å². The molecule has 0 saturated heterocycles. The zero-order valence-electron chi connectivity index (χ0n) is 13.6. The second kappa shape index (κ2) is 9.80. The summed E-state index contributed by atoms with van der Waals surface area (Å²) >= 11 is 0. The number of amides is 3. The molecule has 8 N–H and O–H groups in total. The van der Waals surface area contributed by atoms with Crippen LogP contribution in [-0.4, -0.2) is 75.9 Å². The van der Waals surface area contributed by atoms with Crippen LogP contribution in [0.5, 0.6) is 0 Å². The number of aliphatic carboxylic acids is 1. The highest BCUT2D eigenvalue weighted by molar-refractivity contribution is 5.93. The fourth-order valence-corrected chi connectivity index (χ4v) is 1.48. The summed E-state index contributed by atoms with van der Waals surface area (Å²) in [7, 11) is 0. The van der Waals surface area contributed by atoms with Crippen molar-refractivity contribution < 1.29 is 34.5 Å². The van der Waals surface area contributed by atoms with Crippen LogP contribution < -0.4 is 21.7 Å². The van der Waals surface area contributed by atoms with Crippen LogP contribution in [0, 0.1) is 0 Å². The summed E-state index contributed by atoms with van der Waals surface area (Å²) in [5.41, 5.74) is 5.42. The van der Waals surface area contributed by atoms with E-state index < -0.39 is 60.6 Å². The molecule has 3 amide bonds. The molecule has 0 aromatic rings. The molecule has 0 saturated carbocycles. The van der Waals surface area contributed by atoms with Gasteiger partial charge in [0, 0.05) is 0 Å². The molecule has 0 fully saturated rings. The molecule has 0 radical (unpaired) electrons. The Morgan fingerprint density at radius 2 is 1.33 bits per heavy atom. The SMILES string of the molecule is CC(NC(=O)C(C)NC(=O)C(N)C(C)O)C(=O)NC(CO)C(=O)O. The van der Waals surface area contributed by atoms with E-state index in [1.54, 1.807) is 0 Å². The molecular formula is C13H24N4O7. The molecule has 0 rings (SSSR count). The Balaban J connectivity index is 4.55.